The third kappa shape index (κ3) is 6.14. The van der Waals surface area contributed by atoms with E-state index in [2.05, 4.69) is 16.8 Å². The molecule has 1 aliphatic rings. The summed E-state index contributed by atoms with van der Waals surface area (Å²) in [6, 6.07) is 0.779. The number of piperidine rings is 1. The molecule has 1 fully saturated rings. The number of methoxy groups -OCH3 is 1. The lowest BCUT2D eigenvalue weighted by Crippen LogP contribution is -2.40. The Morgan fingerprint density at radius 3 is 2.78 bits per heavy atom. The fraction of sp³-hybridized carbons (Fsp3) is 1.00. The molecule has 0 spiro atoms. The first-order chi connectivity index (χ1) is 8.77. The number of hydrogen-bond donors (Lipinski definition) is 1. The van der Waals surface area contributed by atoms with Gasteiger partial charge in [0.25, 0.3) is 0 Å². The van der Waals surface area contributed by atoms with E-state index in [0.717, 1.165) is 38.7 Å². The van der Waals surface area contributed by atoms with Crippen LogP contribution in [0.25, 0.3) is 0 Å². The highest BCUT2D eigenvalue weighted by atomic mass is 16.5. The SMILES string of the molecule is COCCN(CCCN)CCC1CCCCN1C. The van der Waals surface area contributed by atoms with Gasteiger partial charge in [-0.15, -0.1) is 0 Å². The minimum atomic E-state index is 0.779. The van der Waals surface area contributed by atoms with Gasteiger partial charge in [0.05, 0.1) is 6.61 Å². The molecule has 108 valence electrons. The second-order valence-corrected chi connectivity index (χ2v) is 5.40. The van der Waals surface area contributed by atoms with E-state index >= 15 is 0 Å². The molecular weight excluding hydrogens is 226 g/mol. The summed E-state index contributed by atoms with van der Waals surface area (Å²) in [6.07, 6.45) is 6.50. The summed E-state index contributed by atoms with van der Waals surface area (Å²) < 4.78 is 5.18. The van der Waals surface area contributed by atoms with Gasteiger partial charge in [0.1, 0.15) is 0 Å². The molecule has 2 N–H and O–H groups in total. The van der Waals surface area contributed by atoms with Crippen LogP contribution in [0.3, 0.4) is 0 Å². The Bertz CT molecular complexity index is 193. The quantitative estimate of drug-likeness (QED) is 0.673. The summed E-state index contributed by atoms with van der Waals surface area (Å²) in [4.78, 5) is 5.03. The number of likely N-dealkylation sites (tertiary alicyclic amines) is 1. The Balaban J connectivity index is 2.25. The molecule has 1 saturated heterocycles. The summed E-state index contributed by atoms with van der Waals surface area (Å²) in [5.41, 5.74) is 5.60. The predicted molar refractivity (Wildman–Crippen MR) is 76.9 cm³/mol. The Hall–Kier alpha value is -0.160. The Morgan fingerprint density at radius 1 is 1.28 bits per heavy atom. The van der Waals surface area contributed by atoms with Crippen molar-refractivity contribution in [3.05, 3.63) is 0 Å². The van der Waals surface area contributed by atoms with Gasteiger partial charge < -0.3 is 20.3 Å². The van der Waals surface area contributed by atoms with Gasteiger partial charge >= 0.3 is 0 Å². The number of nitrogens with two attached hydrogens (primary N) is 1. The van der Waals surface area contributed by atoms with Crippen molar-refractivity contribution in [2.75, 3.05) is 53.5 Å². The van der Waals surface area contributed by atoms with Gasteiger partial charge in [0.2, 0.25) is 0 Å². The molecular formula is C14H31N3O. The van der Waals surface area contributed by atoms with E-state index in [4.69, 9.17) is 10.5 Å². The van der Waals surface area contributed by atoms with Crippen LogP contribution in [0.4, 0.5) is 0 Å². The smallest absolute Gasteiger partial charge is 0.0589 e. The van der Waals surface area contributed by atoms with E-state index in [0.29, 0.717) is 0 Å². The molecule has 0 aromatic heterocycles. The van der Waals surface area contributed by atoms with Gasteiger partial charge in [-0.1, -0.05) is 6.42 Å². The van der Waals surface area contributed by atoms with Crippen molar-refractivity contribution < 1.29 is 4.74 Å². The molecule has 0 saturated carbocycles. The molecule has 1 heterocycles. The second kappa shape index (κ2) is 9.73. The molecule has 0 amide bonds. The molecule has 1 aliphatic heterocycles. The summed E-state index contributed by atoms with van der Waals surface area (Å²) in [6.45, 7) is 6.20. The molecule has 0 aromatic rings. The predicted octanol–water partition coefficient (Wildman–Crippen LogP) is 1.16. The number of rotatable bonds is 9. The van der Waals surface area contributed by atoms with Crippen molar-refractivity contribution in [1.29, 1.82) is 0 Å². The Kier molecular flexibility index (Phi) is 8.59. The van der Waals surface area contributed by atoms with E-state index in [1.54, 1.807) is 7.11 Å². The zero-order chi connectivity index (χ0) is 13.2. The maximum atomic E-state index is 5.60. The first-order valence-electron chi connectivity index (χ1n) is 7.39. The van der Waals surface area contributed by atoms with Crippen molar-refractivity contribution in [3.8, 4) is 0 Å². The number of hydrogen-bond acceptors (Lipinski definition) is 4. The molecule has 18 heavy (non-hydrogen) atoms. The lowest BCUT2D eigenvalue weighted by atomic mass is 10.00. The largest absolute Gasteiger partial charge is 0.383 e. The molecule has 1 atom stereocenters. The van der Waals surface area contributed by atoms with E-state index in [-0.39, 0.29) is 0 Å². The maximum Gasteiger partial charge on any atom is 0.0589 e. The summed E-state index contributed by atoms with van der Waals surface area (Å²) in [7, 11) is 4.04. The van der Waals surface area contributed by atoms with Crippen LogP contribution in [0, 0.1) is 0 Å². The fourth-order valence-corrected chi connectivity index (χ4v) is 2.71. The van der Waals surface area contributed by atoms with Crippen molar-refractivity contribution in [2.24, 2.45) is 5.73 Å². The normalized spacial score (nSPS) is 21.7. The van der Waals surface area contributed by atoms with Gasteiger partial charge in [-0.05, 0) is 58.9 Å². The van der Waals surface area contributed by atoms with Crippen molar-refractivity contribution in [2.45, 2.75) is 38.1 Å². The standard InChI is InChI=1S/C14H31N3O/c1-16-9-4-3-6-14(16)7-11-17(10-5-8-15)12-13-18-2/h14H,3-13,15H2,1-2H3. The topological polar surface area (TPSA) is 41.7 Å². The highest BCUT2D eigenvalue weighted by molar-refractivity contribution is 4.75. The van der Waals surface area contributed by atoms with Gasteiger partial charge in [-0.2, -0.15) is 0 Å². The lowest BCUT2D eigenvalue weighted by Gasteiger charge is -2.34. The van der Waals surface area contributed by atoms with Crippen molar-refractivity contribution in [3.63, 3.8) is 0 Å². The summed E-state index contributed by atoms with van der Waals surface area (Å²) in [5, 5.41) is 0. The minimum Gasteiger partial charge on any atom is -0.383 e. The van der Waals surface area contributed by atoms with Crippen LogP contribution >= 0.6 is 0 Å². The van der Waals surface area contributed by atoms with Crippen LogP contribution in [0.1, 0.15) is 32.1 Å². The van der Waals surface area contributed by atoms with Gasteiger partial charge in [-0.3, -0.25) is 0 Å². The fourth-order valence-electron chi connectivity index (χ4n) is 2.71. The van der Waals surface area contributed by atoms with Crippen LogP contribution in [-0.4, -0.2) is 69.3 Å². The second-order valence-electron chi connectivity index (χ2n) is 5.40. The van der Waals surface area contributed by atoms with Crippen LogP contribution in [0.2, 0.25) is 0 Å². The molecule has 0 radical (unpaired) electrons. The van der Waals surface area contributed by atoms with Crippen molar-refractivity contribution >= 4 is 0 Å². The van der Waals surface area contributed by atoms with Gasteiger partial charge in [-0.25, -0.2) is 0 Å². The molecule has 0 aromatic carbocycles. The van der Waals surface area contributed by atoms with Crippen LogP contribution in [0.5, 0.6) is 0 Å². The zero-order valence-electron chi connectivity index (χ0n) is 12.2. The van der Waals surface area contributed by atoms with Gasteiger partial charge in [0.15, 0.2) is 0 Å². The highest BCUT2D eigenvalue weighted by Gasteiger charge is 2.19. The van der Waals surface area contributed by atoms with Crippen LogP contribution < -0.4 is 5.73 Å². The molecule has 0 aliphatic carbocycles. The average Bonchev–Trinajstić information content (AvgIpc) is 2.39. The van der Waals surface area contributed by atoms with E-state index < -0.39 is 0 Å². The first-order valence-corrected chi connectivity index (χ1v) is 7.39. The Labute approximate surface area is 112 Å². The van der Waals surface area contributed by atoms with Gasteiger partial charge in [0, 0.05) is 19.7 Å². The zero-order valence-corrected chi connectivity index (χ0v) is 12.2. The Morgan fingerprint density at radius 2 is 2.11 bits per heavy atom. The minimum absolute atomic E-state index is 0.779. The highest BCUT2D eigenvalue weighted by Crippen LogP contribution is 2.18. The van der Waals surface area contributed by atoms with Crippen LogP contribution in [0.15, 0.2) is 0 Å². The summed E-state index contributed by atoms with van der Waals surface area (Å²) in [5.74, 6) is 0. The monoisotopic (exact) mass is 257 g/mol. The lowest BCUT2D eigenvalue weighted by molar-refractivity contribution is 0.124. The average molecular weight is 257 g/mol. The molecule has 0 bridgehead atoms. The molecule has 1 rings (SSSR count). The maximum absolute atomic E-state index is 5.60. The third-order valence-electron chi connectivity index (χ3n) is 3.99. The number of ether oxygens (including phenoxy) is 1. The molecule has 1 unspecified atom stereocenters. The van der Waals surface area contributed by atoms with E-state index in [9.17, 15) is 0 Å². The van der Waals surface area contributed by atoms with E-state index in [1.807, 2.05) is 0 Å². The molecule has 4 nitrogen and oxygen atoms in total. The van der Waals surface area contributed by atoms with Crippen molar-refractivity contribution in [1.82, 2.24) is 9.80 Å². The number of nitrogens with zero attached hydrogens (tertiary/aromatic N) is 2. The summed E-state index contributed by atoms with van der Waals surface area (Å²) >= 11 is 0. The third-order valence-corrected chi connectivity index (χ3v) is 3.99. The van der Waals surface area contributed by atoms with E-state index in [1.165, 1.54) is 38.8 Å². The van der Waals surface area contributed by atoms with Crippen LogP contribution in [-0.2, 0) is 4.74 Å². The first kappa shape index (κ1) is 15.9. The molecule has 4 heteroatoms.